The van der Waals surface area contributed by atoms with Crippen molar-refractivity contribution in [3.05, 3.63) is 24.3 Å². The summed E-state index contributed by atoms with van der Waals surface area (Å²) in [5.74, 6) is -0.858. The molecule has 6 nitrogen and oxygen atoms in total. The molecule has 0 aromatic rings. The van der Waals surface area contributed by atoms with Gasteiger partial charge in [-0.1, -0.05) is 295 Å². The number of allylic oxidation sites excluding steroid dienone is 4. The van der Waals surface area contributed by atoms with Crippen molar-refractivity contribution in [2.45, 2.75) is 367 Å². The molecule has 0 saturated heterocycles. The molecule has 0 aliphatic rings. The van der Waals surface area contributed by atoms with Gasteiger partial charge in [0, 0.05) is 19.3 Å². The van der Waals surface area contributed by atoms with Crippen LogP contribution >= 0.6 is 0 Å². The van der Waals surface area contributed by atoms with E-state index >= 15 is 0 Å². The first-order chi connectivity index (χ1) is 35.5. The maximum atomic E-state index is 12.8. The third-order valence-corrected chi connectivity index (χ3v) is 14.7. The predicted octanol–water partition coefficient (Wildman–Crippen LogP) is 21.8. The summed E-state index contributed by atoms with van der Waals surface area (Å²) in [6.07, 6.45) is 73.6. The number of esters is 3. The molecule has 0 saturated carbocycles. The lowest BCUT2D eigenvalue weighted by atomic mass is 10.0. The first-order valence-electron chi connectivity index (χ1n) is 32.3. The third-order valence-electron chi connectivity index (χ3n) is 14.7. The van der Waals surface area contributed by atoms with Crippen molar-refractivity contribution in [2.75, 3.05) is 13.2 Å². The molecular weight excluding hydrogens is 889 g/mol. The number of rotatable bonds is 60. The Morgan fingerprint density at radius 2 is 0.458 bits per heavy atom. The Morgan fingerprint density at radius 1 is 0.264 bits per heavy atom. The molecule has 0 fully saturated rings. The van der Waals surface area contributed by atoms with Crippen molar-refractivity contribution in [3.8, 4) is 0 Å². The summed E-state index contributed by atoms with van der Waals surface area (Å²) in [5.41, 5.74) is 0. The molecule has 0 spiro atoms. The van der Waals surface area contributed by atoms with E-state index < -0.39 is 6.10 Å². The van der Waals surface area contributed by atoms with Crippen molar-refractivity contribution in [1.82, 2.24) is 0 Å². The second-order valence-electron chi connectivity index (χ2n) is 22.0. The van der Waals surface area contributed by atoms with Gasteiger partial charge in [-0.25, -0.2) is 0 Å². The van der Waals surface area contributed by atoms with E-state index in [0.717, 1.165) is 64.2 Å². The molecular formula is C66H124O6. The number of ether oxygens (including phenoxy) is 3. The van der Waals surface area contributed by atoms with Crippen molar-refractivity contribution >= 4 is 17.9 Å². The molecule has 424 valence electrons. The molecule has 0 aliphatic carbocycles. The summed E-state index contributed by atoms with van der Waals surface area (Å²) in [6.45, 7) is 6.66. The lowest BCUT2D eigenvalue weighted by Gasteiger charge is -2.18. The lowest BCUT2D eigenvalue weighted by molar-refractivity contribution is -0.167. The molecule has 72 heavy (non-hydrogen) atoms. The van der Waals surface area contributed by atoms with Crippen molar-refractivity contribution in [2.24, 2.45) is 0 Å². The fraction of sp³-hybridized carbons (Fsp3) is 0.894. The summed E-state index contributed by atoms with van der Waals surface area (Å²) in [5, 5.41) is 0. The van der Waals surface area contributed by atoms with Gasteiger partial charge >= 0.3 is 17.9 Å². The summed E-state index contributed by atoms with van der Waals surface area (Å²) in [7, 11) is 0. The zero-order valence-corrected chi connectivity index (χ0v) is 48.7. The van der Waals surface area contributed by atoms with E-state index in [0.29, 0.717) is 19.3 Å². The van der Waals surface area contributed by atoms with Crippen LogP contribution < -0.4 is 0 Å². The Bertz CT molecular complexity index is 1160. The van der Waals surface area contributed by atoms with Gasteiger partial charge in [-0.2, -0.15) is 0 Å². The minimum absolute atomic E-state index is 0.0692. The van der Waals surface area contributed by atoms with Gasteiger partial charge in [-0.3, -0.25) is 14.4 Å². The van der Waals surface area contributed by atoms with Crippen LogP contribution in [0.3, 0.4) is 0 Å². The van der Waals surface area contributed by atoms with E-state index in [-0.39, 0.29) is 31.1 Å². The normalized spacial score (nSPS) is 12.1. The highest BCUT2D eigenvalue weighted by Gasteiger charge is 2.19. The largest absolute Gasteiger partial charge is 0.462 e. The van der Waals surface area contributed by atoms with Crippen molar-refractivity contribution < 1.29 is 28.6 Å². The molecule has 0 aromatic carbocycles. The number of hydrogen-bond acceptors (Lipinski definition) is 6. The van der Waals surface area contributed by atoms with Crippen LogP contribution in [-0.2, 0) is 28.6 Å². The number of hydrogen-bond donors (Lipinski definition) is 0. The quantitative estimate of drug-likeness (QED) is 0.0261. The van der Waals surface area contributed by atoms with Crippen LogP contribution in [0, 0.1) is 0 Å². The second kappa shape index (κ2) is 61.4. The Labute approximate surface area is 449 Å². The highest BCUT2D eigenvalue weighted by Crippen LogP contribution is 2.18. The van der Waals surface area contributed by atoms with E-state index in [9.17, 15) is 14.4 Å². The van der Waals surface area contributed by atoms with Crippen molar-refractivity contribution in [3.63, 3.8) is 0 Å². The van der Waals surface area contributed by atoms with Gasteiger partial charge in [0.2, 0.25) is 0 Å². The molecule has 0 rings (SSSR count). The Kier molecular flexibility index (Phi) is 59.6. The first-order valence-corrected chi connectivity index (χ1v) is 32.3. The third kappa shape index (κ3) is 58.8. The Morgan fingerprint density at radius 3 is 0.708 bits per heavy atom. The highest BCUT2D eigenvalue weighted by atomic mass is 16.6. The number of unbranched alkanes of at least 4 members (excludes halogenated alkanes) is 45. The van der Waals surface area contributed by atoms with E-state index in [4.69, 9.17) is 14.2 Å². The van der Waals surface area contributed by atoms with Crippen LogP contribution in [0.5, 0.6) is 0 Å². The van der Waals surface area contributed by atoms with Gasteiger partial charge in [0.15, 0.2) is 6.10 Å². The minimum Gasteiger partial charge on any atom is -0.462 e. The molecule has 0 N–H and O–H groups in total. The van der Waals surface area contributed by atoms with Crippen LogP contribution in [-0.4, -0.2) is 37.2 Å². The topological polar surface area (TPSA) is 78.9 Å². The molecule has 6 heteroatoms. The molecule has 0 aliphatic heterocycles. The number of carbonyl (C=O) groups is 3. The SMILES string of the molecule is CCCCCC/C=C\CCCCCCCC(=O)OC(COC(=O)CCCCCCCCCCCC)COC(=O)CCCCCCCCCCCCCCCCCCCCC/C=C\CCCCCCCCCC. The summed E-state index contributed by atoms with van der Waals surface area (Å²) in [4.78, 5) is 38.1. The zero-order chi connectivity index (χ0) is 52.2. The molecule has 1 unspecified atom stereocenters. The average Bonchev–Trinajstić information content (AvgIpc) is 3.38. The standard InChI is InChI=1S/C66H124O6/c1-4-7-10-13-16-19-22-24-25-26-27-28-29-30-31-32-33-34-35-36-37-38-39-40-41-43-44-47-50-53-56-59-65(68)71-62-63(61-70-64(67)58-55-52-49-46-21-18-15-12-9-6-3)72-66(69)60-57-54-51-48-45-42-23-20-17-14-11-8-5-2/h20,23,26-27,63H,4-19,21-22,24-25,28-62H2,1-3H3/b23-20-,27-26-. The Balaban J connectivity index is 4.02. The summed E-state index contributed by atoms with van der Waals surface area (Å²) < 4.78 is 16.9. The minimum atomic E-state index is -0.770. The van der Waals surface area contributed by atoms with E-state index in [1.165, 1.54) is 257 Å². The lowest BCUT2D eigenvalue weighted by Crippen LogP contribution is -2.30. The van der Waals surface area contributed by atoms with E-state index in [2.05, 4.69) is 45.1 Å². The van der Waals surface area contributed by atoms with Gasteiger partial charge in [-0.05, 0) is 70.6 Å². The van der Waals surface area contributed by atoms with Gasteiger partial charge in [0.25, 0.3) is 0 Å². The van der Waals surface area contributed by atoms with Crippen LogP contribution in [0.4, 0.5) is 0 Å². The summed E-state index contributed by atoms with van der Waals surface area (Å²) >= 11 is 0. The van der Waals surface area contributed by atoms with Gasteiger partial charge < -0.3 is 14.2 Å². The van der Waals surface area contributed by atoms with Gasteiger partial charge in [0.1, 0.15) is 13.2 Å². The maximum Gasteiger partial charge on any atom is 0.306 e. The van der Waals surface area contributed by atoms with Crippen LogP contribution in [0.15, 0.2) is 24.3 Å². The summed E-state index contributed by atoms with van der Waals surface area (Å²) in [6, 6.07) is 0. The van der Waals surface area contributed by atoms with Crippen LogP contribution in [0.25, 0.3) is 0 Å². The smallest absolute Gasteiger partial charge is 0.306 e. The molecule has 0 aromatic heterocycles. The predicted molar refractivity (Wildman–Crippen MR) is 312 cm³/mol. The van der Waals surface area contributed by atoms with Crippen molar-refractivity contribution in [1.29, 1.82) is 0 Å². The molecule has 1 atom stereocenters. The van der Waals surface area contributed by atoms with E-state index in [1.807, 2.05) is 0 Å². The Hall–Kier alpha value is -2.11. The fourth-order valence-corrected chi connectivity index (χ4v) is 9.79. The van der Waals surface area contributed by atoms with Crippen LogP contribution in [0.2, 0.25) is 0 Å². The molecule has 0 radical (unpaired) electrons. The zero-order valence-electron chi connectivity index (χ0n) is 48.7. The van der Waals surface area contributed by atoms with Gasteiger partial charge in [-0.15, -0.1) is 0 Å². The highest BCUT2D eigenvalue weighted by molar-refractivity contribution is 5.71. The monoisotopic (exact) mass is 1010 g/mol. The second-order valence-corrected chi connectivity index (χ2v) is 22.0. The maximum absolute atomic E-state index is 12.8. The fourth-order valence-electron chi connectivity index (χ4n) is 9.79. The van der Waals surface area contributed by atoms with E-state index in [1.54, 1.807) is 0 Å². The van der Waals surface area contributed by atoms with Gasteiger partial charge in [0.05, 0.1) is 0 Å². The van der Waals surface area contributed by atoms with Crippen LogP contribution in [0.1, 0.15) is 361 Å². The average molecular weight is 1010 g/mol. The molecule has 0 amide bonds. The number of carbonyl (C=O) groups excluding carboxylic acids is 3. The molecule has 0 bridgehead atoms. The molecule has 0 heterocycles. The first kappa shape index (κ1) is 69.9.